The normalized spacial score (nSPS) is 10.0. The zero-order valence-corrected chi connectivity index (χ0v) is 5.52. The highest BCUT2D eigenvalue weighted by Gasteiger charge is 1.95. The molecule has 0 spiro atoms. The Kier molecular flexibility index (Phi) is 3.41. The molecule has 0 bridgehead atoms. The van der Waals surface area contributed by atoms with Crippen LogP contribution in [-0.4, -0.2) is 5.17 Å². The molecule has 0 rings (SSSR count). The number of hydrogen-bond acceptors (Lipinski definition) is 2. The number of halogens is 1. The molecule has 0 aliphatic carbocycles. The number of nitriles is 1. The van der Waals surface area contributed by atoms with Gasteiger partial charge in [-0.3, -0.25) is 0 Å². The average Bonchev–Trinajstić information content (AvgIpc) is 1.87. The van der Waals surface area contributed by atoms with Gasteiger partial charge in [0.2, 0.25) is 0 Å². The van der Waals surface area contributed by atoms with Crippen molar-refractivity contribution in [1.29, 1.82) is 5.26 Å². The Labute approximate surface area is 58.8 Å². The van der Waals surface area contributed by atoms with Gasteiger partial charge in [-0.05, 0) is 0 Å². The van der Waals surface area contributed by atoms with E-state index in [0.717, 1.165) is 0 Å². The molecule has 0 saturated heterocycles. The van der Waals surface area contributed by atoms with Crippen molar-refractivity contribution in [2.45, 2.75) is 0 Å². The fourth-order valence-electron chi connectivity index (χ4n) is 0.204. The molecule has 0 aliphatic heterocycles. The third kappa shape index (κ3) is 2.68. The predicted octanol–water partition coefficient (Wildman–Crippen LogP) is 1.85. The molecular weight excluding hydrogens is 136 g/mol. The summed E-state index contributed by atoms with van der Waals surface area (Å²) in [7, 11) is 0. The number of nitrogens with zero attached hydrogens (tertiary/aromatic N) is 2. The van der Waals surface area contributed by atoms with Crippen LogP contribution in [0.1, 0.15) is 0 Å². The summed E-state index contributed by atoms with van der Waals surface area (Å²) in [6, 6.07) is 1.74. The van der Waals surface area contributed by atoms with Gasteiger partial charge < -0.3 is 0 Å². The number of rotatable bonds is 2. The van der Waals surface area contributed by atoms with E-state index in [1.807, 2.05) is 0 Å². The van der Waals surface area contributed by atoms with Crippen LogP contribution in [0, 0.1) is 11.3 Å². The number of allylic oxidation sites excluding steroid dienone is 1. The van der Waals surface area contributed by atoms with E-state index in [-0.39, 0.29) is 10.7 Å². The molecule has 2 nitrogen and oxygen atoms in total. The first kappa shape index (κ1) is 7.93. The van der Waals surface area contributed by atoms with E-state index in [0.29, 0.717) is 0 Å². The fraction of sp³-hybridized carbons (Fsp3) is 0. The van der Waals surface area contributed by atoms with Crippen LogP contribution in [-0.2, 0) is 0 Å². The topological polar surface area (TPSA) is 36.1 Å². The molecule has 46 valence electrons. The van der Waals surface area contributed by atoms with Crippen molar-refractivity contribution in [3.63, 3.8) is 0 Å². The second kappa shape index (κ2) is 3.88. The Bertz CT molecular complexity index is 198. The first-order chi connectivity index (χ1) is 4.22. The van der Waals surface area contributed by atoms with E-state index in [4.69, 9.17) is 16.9 Å². The Balaban J connectivity index is 4.24. The standard InChI is InChI=1S/C6H5ClN2/c1-3-9-6(7)5(2)4-8/h3H,1-2H2. The average molecular weight is 141 g/mol. The van der Waals surface area contributed by atoms with Gasteiger partial charge in [0.25, 0.3) is 0 Å². The molecule has 0 aromatic rings. The first-order valence-corrected chi connectivity index (χ1v) is 2.53. The van der Waals surface area contributed by atoms with Crippen LogP contribution < -0.4 is 0 Å². The van der Waals surface area contributed by atoms with Crippen molar-refractivity contribution in [2.75, 3.05) is 0 Å². The minimum atomic E-state index is 0.0903. The molecule has 0 aromatic heterocycles. The number of hydrogen-bond donors (Lipinski definition) is 0. The van der Waals surface area contributed by atoms with Gasteiger partial charge in [-0.1, -0.05) is 24.8 Å². The monoisotopic (exact) mass is 140 g/mol. The highest BCUT2D eigenvalue weighted by Crippen LogP contribution is 1.97. The number of aliphatic imine (C=N–C) groups is 1. The van der Waals surface area contributed by atoms with E-state index in [2.05, 4.69) is 18.2 Å². The maximum absolute atomic E-state index is 8.18. The highest BCUT2D eigenvalue weighted by molar-refractivity contribution is 6.70. The lowest BCUT2D eigenvalue weighted by Crippen LogP contribution is -1.86. The SMILES string of the molecule is C=CN=C(Cl)C(=C)C#N. The van der Waals surface area contributed by atoms with E-state index in [1.165, 1.54) is 6.20 Å². The van der Waals surface area contributed by atoms with Gasteiger partial charge in [-0.25, -0.2) is 4.99 Å². The lowest BCUT2D eigenvalue weighted by atomic mass is 10.4. The summed E-state index contributed by atoms with van der Waals surface area (Å²) < 4.78 is 0. The van der Waals surface area contributed by atoms with Crippen LogP contribution in [0.3, 0.4) is 0 Å². The van der Waals surface area contributed by atoms with Gasteiger partial charge in [0.15, 0.2) is 0 Å². The molecule has 0 heterocycles. The zero-order chi connectivity index (χ0) is 7.28. The molecule has 0 unspecified atom stereocenters. The molecule has 0 saturated carbocycles. The quantitative estimate of drug-likeness (QED) is 0.426. The van der Waals surface area contributed by atoms with Crippen LogP contribution >= 0.6 is 11.6 Å². The minimum Gasteiger partial charge on any atom is -0.244 e. The highest BCUT2D eigenvalue weighted by atomic mass is 35.5. The van der Waals surface area contributed by atoms with Crippen molar-refractivity contribution in [3.05, 3.63) is 24.9 Å². The maximum Gasteiger partial charge on any atom is 0.146 e. The molecule has 0 atom stereocenters. The van der Waals surface area contributed by atoms with Crippen LogP contribution in [0.2, 0.25) is 0 Å². The van der Waals surface area contributed by atoms with E-state index in [9.17, 15) is 0 Å². The van der Waals surface area contributed by atoms with Crippen LogP contribution in [0.4, 0.5) is 0 Å². The first-order valence-electron chi connectivity index (χ1n) is 2.16. The van der Waals surface area contributed by atoms with Gasteiger partial charge >= 0.3 is 0 Å². The summed E-state index contributed by atoms with van der Waals surface area (Å²) in [5.74, 6) is 0. The summed E-state index contributed by atoms with van der Waals surface area (Å²) in [5.41, 5.74) is 0.150. The second-order valence-electron chi connectivity index (χ2n) is 1.19. The van der Waals surface area contributed by atoms with Crippen LogP contribution in [0.15, 0.2) is 29.9 Å². The van der Waals surface area contributed by atoms with Gasteiger partial charge in [-0.15, -0.1) is 0 Å². The Hall–Kier alpha value is -1.07. The summed E-state index contributed by atoms with van der Waals surface area (Å²) >= 11 is 5.39. The molecule has 0 radical (unpaired) electrons. The summed E-state index contributed by atoms with van der Waals surface area (Å²) in [5, 5.41) is 8.27. The van der Waals surface area contributed by atoms with Crippen molar-refractivity contribution >= 4 is 16.8 Å². The van der Waals surface area contributed by atoms with E-state index >= 15 is 0 Å². The molecule has 0 amide bonds. The Morgan fingerprint density at radius 3 is 2.67 bits per heavy atom. The Morgan fingerprint density at radius 2 is 2.33 bits per heavy atom. The van der Waals surface area contributed by atoms with Gasteiger partial charge in [-0.2, -0.15) is 5.26 Å². The summed E-state index contributed by atoms with van der Waals surface area (Å²) in [4.78, 5) is 3.52. The smallest absolute Gasteiger partial charge is 0.146 e. The summed E-state index contributed by atoms with van der Waals surface area (Å²) in [6.45, 7) is 6.61. The largest absolute Gasteiger partial charge is 0.244 e. The third-order valence-electron chi connectivity index (χ3n) is 0.589. The van der Waals surface area contributed by atoms with Crippen molar-refractivity contribution < 1.29 is 0 Å². The molecule has 0 aliphatic rings. The molecule has 0 aromatic carbocycles. The lowest BCUT2D eigenvalue weighted by Gasteiger charge is -1.85. The summed E-state index contributed by atoms with van der Waals surface area (Å²) in [6.07, 6.45) is 1.25. The van der Waals surface area contributed by atoms with E-state index in [1.54, 1.807) is 6.07 Å². The Morgan fingerprint density at radius 1 is 1.78 bits per heavy atom. The third-order valence-corrected chi connectivity index (χ3v) is 0.914. The maximum atomic E-state index is 8.18. The lowest BCUT2D eigenvalue weighted by molar-refractivity contribution is 1.51. The predicted molar refractivity (Wildman–Crippen MR) is 38.2 cm³/mol. The molecule has 0 N–H and O–H groups in total. The van der Waals surface area contributed by atoms with Crippen molar-refractivity contribution in [1.82, 2.24) is 0 Å². The van der Waals surface area contributed by atoms with Gasteiger partial charge in [0.05, 0.1) is 5.57 Å². The molecule has 3 heteroatoms. The fourth-order valence-corrected chi connectivity index (χ4v) is 0.315. The van der Waals surface area contributed by atoms with Crippen molar-refractivity contribution in [3.8, 4) is 6.07 Å². The molecule has 0 fully saturated rings. The molecular formula is C6H5ClN2. The van der Waals surface area contributed by atoms with Gasteiger partial charge in [0, 0.05) is 6.20 Å². The van der Waals surface area contributed by atoms with E-state index < -0.39 is 0 Å². The minimum absolute atomic E-state index is 0.0903. The molecule has 9 heavy (non-hydrogen) atoms. The van der Waals surface area contributed by atoms with Crippen LogP contribution in [0.5, 0.6) is 0 Å². The second-order valence-corrected chi connectivity index (χ2v) is 1.55. The van der Waals surface area contributed by atoms with Crippen molar-refractivity contribution in [2.24, 2.45) is 4.99 Å². The van der Waals surface area contributed by atoms with Crippen LogP contribution in [0.25, 0.3) is 0 Å². The van der Waals surface area contributed by atoms with Gasteiger partial charge in [0.1, 0.15) is 11.2 Å². The zero-order valence-electron chi connectivity index (χ0n) is 4.76.